The third kappa shape index (κ3) is 3.68. The number of carbonyl (C=O) groups is 1. The monoisotopic (exact) mass is 344 g/mol. The predicted molar refractivity (Wildman–Crippen MR) is 91.6 cm³/mol. The number of imidazole rings is 1. The van der Waals surface area contributed by atoms with Gasteiger partial charge in [-0.2, -0.15) is 0 Å². The first-order chi connectivity index (χ1) is 11.5. The van der Waals surface area contributed by atoms with Crippen LogP contribution < -0.4 is 5.32 Å². The smallest absolute Gasteiger partial charge is 0.248 e. The van der Waals surface area contributed by atoms with Gasteiger partial charge in [-0.05, 0) is 31.0 Å². The van der Waals surface area contributed by atoms with Crippen molar-refractivity contribution in [3.05, 3.63) is 64.9 Å². The molecule has 1 aromatic carbocycles. The number of aryl methyl sites for hydroxylation is 1. The molecule has 2 heterocycles. The number of benzene rings is 1. The van der Waals surface area contributed by atoms with Crippen molar-refractivity contribution in [1.82, 2.24) is 14.5 Å². The molecule has 1 N–H and O–H groups in total. The summed E-state index contributed by atoms with van der Waals surface area (Å²) in [4.78, 5) is 21.3. The zero-order valence-corrected chi connectivity index (χ0v) is 14.2. The van der Waals surface area contributed by atoms with Crippen molar-refractivity contribution in [1.29, 1.82) is 0 Å². The molecule has 1 atom stereocenters. The fraction of sp³-hybridized carbons (Fsp3) is 0.235. The number of amides is 1. The lowest BCUT2D eigenvalue weighted by atomic mass is 10.1. The number of nitrogens with zero attached hydrogens (tertiary/aromatic N) is 3. The van der Waals surface area contributed by atoms with Crippen LogP contribution >= 0.6 is 11.3 Å². The van der Waals surface area contributed by atoms with Crippen LogP contribution in [0.5, 0.6) is 0 Å². The van der Waals surface area contributed by atoms with Crippen LogP contribution in [0.3, 0.4) is 0 Å². The summed E-state index contributed by atoms with van der Waals surface area (Å²) in [6.07, 6.45) is 7.26. The van der Waals surface area contributed by atoms with Gasteiger partial charge in [0.2, 0.25) is 5.91 Å². The van der Waals surface area contributed by atoms with Gasteiger partial charge in [-0.1, -0.05) is 12.1 Å². The standard InChI is InChI=1S/C17H17FN4OS/c1-11-3-4-13(8-15(11)18)7-14-9-20-17(24-14)21-16(23)12(2)22-6-5-19-10-22/h3-6,8-10,12H,7H2,1-2H3,(H,20,21,23). The fourth-order valence-corrected chi connectivity index (χ4v) is 3.09. The van der Waals surface area contributed by atoms with Crippen LogP contribution in [0.25, 0.3) is 0 Å². The molecule has 0 aliphatic carbocycles. The Morgan fingerprint density at radius 2 is 2.29 bits per heavy atom. The number of rotatable bonds is 5. The average molecular weight is 344 g/mol. The Morgan fingerprint density at radius 3 is 3.00 bits per heavy atom. The summed E-state index contributed by atoms with van der Waals surface area (Å²) >= 11 is 1.39. The van der Waals surface area contributed by atoms with Crippen LogP contribution in [0.2, 0.25) is 0 Å². The lowest BCUT2D eigenvalue weighted by Crippen LogP contribution is -2.22. The average Bonchev–Trinajstić information content (AvgIpc) is 3.22. The molecule has 0 spiro atoms. The summed E-state index contributed by atoms with van der Waals surface area (Å²) in [5.74, 6) is -0.366. The van der Waals surface area contributed by atoms with Crippen LogP contribution in [0, 0.1) is 12.7 Å². The van der Waals surface area contributed by atoms with Gasteiger partial charge in [0.25, 0.3) is 0 Å². The Bertz CT molecular complexity index is 844. The van der Waals surface area contributed by atoms with Crippen molar-refractivity contribution in [3.63, 3.8) is 0 Å². The largest absolute Gasteiger partial charge is 0.325 e. The Morgan fingerprint density at radius 1 is 1.46 bits per heavy atom. The van der Waals surface area contributed by atoms with Gasteiger partial charge in [0, 0.05) is 29.9 Å². The lowest BCUT2D eigenvalue weighted by molar-refractivity contribution is -0.118. The van der Waals surface area contributed by atoms with E-state index in [9.17, 15) is 9.18 Å². The van der Waals surface area contributed by atoms with E-state index in [0.717, 1.165) is 10.4 Å². The van der Waals surface area contributed by atoms with Crippen molar-refractivity contribution in [2.75, 3.05) is 5.32 Å². The summed E-state index contributed by atoms with van der Waals surface area (Å²) in [6, 6.07) is 4.83. The van der Waals surface area contributed by atoms with Crippen LogP contribution in [0.15, 0.2) is 43.1 Å². The van der Waals surface area contributed by atoms with Crippen molar-refractivity contribution >= 4 is 22.4 Å². The molecule has 124 valence electrons. The van der Waals surface area contributed by atoms with E-state index in [4.69, 9.17) is 0 Å². The third-order valence-electron chi connectivity index (χ3n) is 3.75. The van der Waals surface area contributed by atoms with Gasteiger partial charge in [-0.15, -0.1) is 11.3 Å². The number of thiazole rings is 1. The molecule has 0 saturated carbocycles. The van der Waals surface area contributed by atoms with Crippen molar-refractivity contribution in [2.45, 2.75) is 26.3 Å². The molecule has 0 bridgehead atoms. The second-order valence-electron chi connectivity index (χ2n) is 5.57. The van der Waals surface area contributed by atoms with E-state index in [1.807, 2.05) is 6.07 Å². The predicted octanol–water partition coefficient (Wildman–Crippen LogP) is 3.58. The van der Waals surface area contributed by atoms with Gasteiger partial charge < -0.3 is 9.88 Å². The first-order valence-electron chi connectivity index (χ1n) is 7.51. The molecule has 1 amide bonds. The van der Waals surface area contributed by atoms with Crippen LogP contribution in [0.4, 0.5) is 9.52 Å². The Kier molecular flexibility index (Phi) is 4.71. The maximum Gasteiger partial charge on any atom is 0.248 e. The van der Waals surface area contributed by atoms with E-state index in [0.29, 0.717) is 17.1 Å². The first kappa shape index (κ1) is 16.3. The van der Waals surface area contributed by atoms with Gasteiger partial charge >= 0.3 is 0 Å². The molecule has 3 aromatic rings. The number of hydrogen-bond donors (Lipinski definition) is 1. The van der Waals surface area contributed by atoms with Crippen molar-refractivity contribution < 1.29 is 9.18 Å². The maximum atomic E-state index is 13.6. The van der Waals surface area contributed by atoms with E-state index in [-0.39, 0.29) is 17.8 Å². The Labute approximate surface area is 143 Å². The minimum Gasteiger partial charge on any atom is -0.325 e. The summed E-state index contributed by atoms with van der Waals surface area (Å²) in [5, 5.41) is 3.34. The highest BCUT2D eigenvalue weighted by molar-refractivity contribution is 7.15. The topological polar surface area (TPSA) is 59.8 Å². The number of hydrogen-bond acceptors (Lipinski definition) is 4. The molecule has 0 aliphatic rings. The highest BCUT2D eigenvalue weighted by Crippen LogP contribution is 2.23. The second kappa shape index (κ2) is 6.92. The number of nitrogens with one attached hydrogen (secondary N) is 1. The number of carbonyl (C=O) groups excluding carboxylic acids is 1. The summed E-state index contributed by atoms with van der Waals surface area (Å²) in [7, 11) is 0. The quantitative estimate of drug-likeness (QED) is 0.770. The molecule has 3 rings (SSSR count). The molecular formula is C17H17FN4OS. The minimum absolute atomic E-state index is 0.157. The maximum absolute atomic E-state index is 13.6. The van der Waals surface area contributed by atoms with Gasteiger partial charge in [0.1, 0.15) is 11.9 Å². The SMILES string of the molecule is Cc1ccc(Cc2cnc(NC(=O)C(C)n3ccnc3)s2)cc1F. The van der Waals surface area contributed by atoms with Crippen LogP contribution in [-0.2, 0) is 11.2 Å². The molecular weight excluding hydrogens is 327 g/mol. The second-order valence-corrected chi connectivity index (χ2v) is 6.68. The van der Waals surface area contributed by atoms with E-state index >= 15 is 0 Å². The highest BCUT2D eigenvalue weighted by atomic mass is 32.1. The molecule has 0 radical (unpaired) electrons. The first-order valence-corrected chi connectivity index (χ1v) is 8.32. The summed E-state index contributed by atoms with van der Waals surface area (Å²) in [6.45, 7) is 3.53. The number of aromatic nitrogens is 3. The fourth-order valence-electron chi connectivity index (χ4n) is 2.24. The molecule has 24 heavy (non-hydrogen) atoms. The molecule has 7 heteroatoms. The molecule has 0 fully saturated rings. The van der Waals surface area contributed by atoms with Crippen LogP contribution in [-0.4, -0.2) is 20.4 Å². The Hall–Kier alpha value is -2.54. The third-order valence-corrected chi connectivity index (χ3v) is 4.66. The van der Waals surface area contributed by atoms with Gasteiger partial charge in [-0.25, -0.2) is 14.4 Å². The van der Waals surface area contributed by atoms with Crippen molar-refractivity contribution in [2.24, 2.45) is 0 Å². The van der Waals surface area contributed by atoms with Gasteiger partial charge in [-0.3, -0.25) is 4.79 Å². The molecule has 0 saturated heterocycles. The van der Waals surface area contributed by atoms with E-state index in [2.05, 4.69) is 15.3 Å². The molecule has 1 unspecified atom stereocenters. The molecule has 2 aromatic heterocycles. The Balaban J connectivity index is 1.65. The highest BCUT2D eigenvalue weighted by Gasteiger charge is 2.16. The minimum atomic E-state index is -0.369. The lowest BCUT2D eigenvalue weighted by Gasteiger charge is -2.11. The van der Waals surface area contributed by atoms with Gasteiger partial charge in [0.15, 0.2) is 5.13 Å². The number of anilines is 1. The normalized spacial score (nSPS) is 12.1. The van der Waals surface area contributed by atoms with E-state index in [1.54, 1.807) is 49.4 Å². The van der Waals surface area contributed by atoms with E-state index < -0.39 is 0 Å². The summed E-state index contributed by atoms with van der Waals surface area (Å²) in [5.41, 5.74) is 1.51. The molecule has 5 nitrogen and oxygen atoms in total. The number of halogens is 1. The van der Waals surface area contributed by atoms with E-state index in [1.165, 1.54) is 17.4 Å². The van der Waals surface area contributed by atoms with Crippen molar-refractivity contribution in [3.8, 4) is 0 Å². The summed E-state index contributed by atoms with van der Waals surface area (Å²) < 4.78 is 15.3. The van der Waals surface area contributed by atoms with Crippen LogP contribution in [0.1, 0.15) is 29.0 Å². The molecule has 0 aliphatic heterocycles. The zero-order chi connectivity index (χ0) is 17.1. The zero-order valence-electron chi connectivity index (χ0n) is 13.4. The van der Waals surface area contributed by atoms with Gasteiger partial charge in [0.05, 0.1) is 6.33 Å².